The van der Waals surface area contributed by atoms with Gasteiger partial charge in [0.1, 0.15) is 5.01 Å². The van der Waals surface area contributed by atoms with E-state index in [-0.39, 0.29) is 0 Å². The molecule has 84 valence electrons. The Labute approximate surface area is 111 Å². The number of nitrogens with zero attached hydrogens (tertiary/aromatic N) is 3. The molecule has 0 amide bonds. The fraction of sp³-hybridized carbons (Fsp3) is 0. The van der Waals surface area contributed by atoms with Gasteiger partial charge in [-0.05, 0) is 23.9 Å². The van der Waals surface area contributed by atoms with Gasteiger partial charge in [0.05, 0.1) is 10.4 Å². The van der Waals surface area contributed by atoms with Crippen LogP contribution in [-0.4, -0.2) is 15.0 Å². The summed E-state index contributed by atoms with van der Waals surface area (Å²) < 4.78 is 2.20. The summed E-state index contributed by atoms with van der Waals surface area (Å²) in [6, 6.07) is 3.94. The van der Waals surface area contributed by atoms with Crippen LogP contribution in [0.5, 0.6) is 0 Å². The Balaban J connectivity index is 1.84. The lowest BCUT2D eigenvalue weighted by molar-refractivity contribution is 1.25. The molecule has 0 bridgehead atoms. The van der Waals surface area contributed by atoms with Crippen molar-refractivity contribution >= 4 is 34.4 Å². The van der Waals surface area contributed by atoms with Crippen LogP contribution in [0.1, 0.15) is 0 Å². The van der Waals surface area contributed by atoms with Crippen molar-refractivity contribution in [2.75, 3.05) is 0 Å². The van der Waals surface area contributed by atoms with E-state index in [0.29, 0.717) is 0 Å². The van der Waals surface area contributed by atoms with Crippen LogP contribution < -0.4 is 0 Å². The van der Waals surface area contributed by atoms with Gasteiger partial charge in [-0.2, -0.15) is 0 Å². The molecule has 0 N–H and O–H groups in total. The minimum absolute atomic E-state index is 0.997. The average molecular weight is 277 g/mol. The first-order valence-electron chi connectivity index (χ1n) is 4.85. The number of hydrogen-bond acceptors (Lipinski definition) is 6. The van der Waals surface area contributed by atoms with Gasteiger partial charge in [0, 0.05) is 29.5 Å². The first kappa shape index (κ1) is 10.9. The van der Waals surface area contributed by atoms with Crippen LogP contribution in [-0.2, 0) is 0 Å². The van der Waals surface area contributed by atoms with Crippen LogP contribution in [0.15, 0.2) is 50.8 Å². The lowest BCUT2D eigenvalue weighted by atomic mass is 10.3. The number of rotatable bonds is 3. The first-order chi connectivity index (χ1) is 8.42. The topological polar surface area (TPSA) is 38.7 Å². The molecule has 0 aromatic carbocycles. The van der Waals surface area contributed by atoms with Crippen molar-refractivity contribution < 1.29 is 0 Å². The van der Waals surface area contributed by atoms with Crippen molar-refractivity contribution in [1.82, 2.24) is 15.0 Å². The van der Waals surface area contributed by atoms with Gasteiger partial charge in [0.25, 0.3) is 0 Å². The van der Waals surface area contributed by atoms with Crippen LogP contribution in [0.25, 0.3) is 10.6 Å². The van der Waals surface area contributed by atoms with Gasteiger partial charge in [-0.1, -0.05) is 0 Å². The van der Waals surface area contributed by atoms with Gasteiger partial charge in [0.15, 0.2) is 4.34 Å². The van der Waals surface area contributed by atoms with E-state index in [1.807, 2.05) is 36.1 Å². The number of thiazole rings is 2. The molecular weight excluding hydrogens is 270 g/mol. The van der Waals surface area contributed by atoms with E-state index < -0.39 is 0 Å². The van der Waals surface area contributed by atoms with Crippen molar-refractivity contribution in [3.05, 3.63) is 42.3 Å². The summed E-state index contributed by atoms with van der Waals surface area (Å²) in [5, 5.41) is 2.97. The third-order valence-corrected chi connectivity index (χ3v) is 5.02. The van der Waals surface area contributed by atoms with E-state index in [4.69, 9.17) is 0 Å². The zero-order valence-electron chi connectivity index (χ0n) is 8.61. The fourth-order valence-electron chi connectivity index (χ4n) is 1.28. The van der Waals surface area contributed by atoms with Crippen molar-refractivity contribution in [2.45, 2.75) is 8.55 Å². The second kappa shape index (κ2) is 4.95. The van der Waals surface area contributed by atoms with Crippen molar-refractivity contribution in [3.63, 3.8) is 0 Å². The number of pyridine rings is 1. The molecule has 17 heavy (non-hydrogen) atoms. The van der Waals surface area contributed by atoms with E-state index in [2.05, 4.69) is 15.0 Å². The van der Waals surface area contributed by atoms with Crippen molar-refractivity contribution in [1.29, 1.82) is 0 Å². The lowest BCUT2D eigenvalue weighted by Crippen LogP contribution is -1.75. The summed E-state index contributed by atoms with van der Waals surface area (Å²) in [6.07, 6.45) is 7.30. The lowest BCUT2D eigenvalue weighted by Gasteiger charge is -1.92. The summed E-state index contributed by atoms with van der Waals surface area (Å²) in [6.45, 7) is 0. The van der Waals surface area contributed by atoms with Gasteiger partial charge >= 0.3 is 0 Å². The molecule has 0 unspecified atom stereocenters. The highest BCUT2D eigenvalue weighted by Gasteiger charge is 2.07. The Morgan fingerprint density at radius 3 is 2.88 bits per heavy atom. The van der Waals surface area contributed by atoms with Crippen LogP contribution in [0, 0.1) is 0 Å². The molecule has 3 heterocycles. The second-order valence-electron chi connectivity index (χ2n) is 3.13. The summed E-state index contributed by atoms with van der Waals surface area (Å²) in [7, 11) is 0. The second-order valence-corrected chi connectivity index (χ2v) is 6.60. The maximum atomic E-state index is 4.40. The molecule has 0 fully saturated rings. The van der Waals surface area contributed by atoms with Gasteiger partial charge in [0.2, 0.25) is 0 Å². The minimum atomic E-state index is 0.997. The van der Waals surface area contributed by atoms with Crippen molar-refractivity contribution in [2.24, 2.45) is 0 Å². The highest BCUT2D eigenvalue weighted by atomic mass is 32.2. The maximum Gasteiger partial charge on any atom is 0.155 e. The average Bonchev–Trinajstić information content (AvgIpc) is 3.02. The predicted octanol–water partition coefficient (Wildman–Crippen LogP) is 3.81. The molecule has 6 heteroatoms. The largest absolute Gasteiger partial charge is 0.264 e. The molecule has 0 aliphatic rings. The first-order valence-corrected chi connectivity index (χ1v) is 7.37. The third kappa shape index (κ3) is 2.54. The Bertz CT molecular complexity index is 589. The Morgan fingerprint density at radius 2 is 2.12 bits per heavy atom. The molecule has 3 rings (SSSR count). The van der Waals surface area contributed by atoms with Crippen LogP contribution in [0.4, 0.5) is 0 Å². The monoisotopic (exact) mass is 277 g/mol. The van der Waals surface area contributed by atoms with E-state index in [1.54, 1.807) is 40.6 Å². The Morgan fingerprint density at radius 1 is 1.12 bits per heavy atom. The number of hydrogen-bond donors (Lipinski definition) is 0. The highest BCUT2D eigenvalue weighted by molar-refractivity contribution is 8.02. The summed E-state index contributed by atoms with van der Waals surface area (Å²) in [5.74, 6) is 0. The van der Waals surface area contributed by atoms with Gasteiger partial charge < -0.3 is 0 Å². The SMILES string of the molecule is c1cncc(-c2ncc(Sc3nccs3)s2)c1. The molecule has 0 aliphatic carbocycles. The molecular formula is C11H7N3S3. The Kier molecular flexibility index (Phi) is 3.17. The molecule has 0 saturated carbocycles. The minimum Gasteiger partial charge on any atom is -0.264 e. The van der Waals surface area contributed by atoms with Gasteiger partial charge in [-0.3, -0.25) is 4.98 Å². The molecule has 3 aromatic rings. The molecule has 0 atom stereocenters. The third-order valence-electron chi connectivity index (χ3n) is 1.99. The van der Waals surface area contributed by atoms with Gasteiger partial charge in [-0.15, -0.1) is 22.7 Å². The zero-order valence-corrected chi connectivity index (χ0v) is 11.1. The van der Waals surface area contributed by atoms with E-state index in [0.717, 1.165) is 19.1 Å². The molecule has 0 radical (unpaired) electrons. The van der Waals surface area contributed by atoms with Crippen LogP contribution in [0.3, 0.4) is 0 Å². The quantitative estimate of drug-likeness (QED) is 0.729. The van der Waals surface area contributed by atoms with Crippen molar-refractivity contribution in [3.8, 4) is 10.6 Å². The van der Waals surface area contributed by atoms with Crippen LogP contribution in [0.2, 0.25) is 0 Å². The van der Waals surface area contributed by atoms with Gasteiger partial charge in [-0.25, -0.2) is 9.97 Å². The predicted molar refractivity (Wildman–Crippen MR) is 71.6 cm³/mol. The molecule has 0 aliphatic heterocycles. The smallest absolute Gasteiger partial charge is 0.155 e. The van der Waals surface area contributed by atoms with E-state index in [9.17, 15) is 0 Å². The molecule has 0 spiro atoms. The summed E-state index contributed by atoms with van der Waals surface area (Å²) in [5.41, 5.74) is 1.06. The zero-order chi connectivity index (χ0) is 11.5. The maximum absolute atomic E-state index is 4.40. The molecule has 0 saturated heterocycles. The summed E-state index contributed by atoms with van der Waals surface area (Å²) in [4.78, 5) is 12.7. The Hall–Kier alpha value is -1.24. The normalized spacial score (nSPS) is 10.6. The van der Waals surface area contributed by atoms with E-state index in [1.165, 1.54) is 0 Å². The van der Waals surface area contributed by atoms with E-state index >= 15 is 0 Å². The van der Waals surface area contributed by atoms with Crippen LogP contribution >= 0.6 is 34.4 Å². The standard InChI is InChI=1S/C11H7N3S3/c1-2-8(6-12-3-1)10-14-7-9(16-10)17-11-13-4-5-15-11/h1-7H. The summed E-state index contributed by atoms with van der Waals surface area (Å²) >= 11 is 4.96. The number of aromatic nitrogens is 3. The highest BCUT2D eigenvalue weighted by Crippen LogP contribution is 2.36. The molecule has 3 aromatic heterocycles. The molecule has 3 nitrogen and oxygen atoms in total. The fourth-order valence-corrected chi connectivity index (χ4v) is 4.09.